The molecule has 8 atom stereocenters. The van der Waals surface area contributed by atoms with Crippen molar-refractivity contribution in [2.45, 2.75) is 77.7 Å². The Labute approximate surface area is 176 Å². The number of alkyl halides is 1. The average Bonchev–Trinajstić information content (AvgIpc) is 2.92. The van der Waals surface area contributed by atoms with Gasteiger partial charge < -0.3 is 9.84 Å². The number of Topliss-reactive ketones (excluding diaryl/α,β-unsaturated/α-hetero) is 1. The SMILES string of the molecule is CC(=O)O[C@@]1(C(C)=O)CCC2C3CC(C)C4=CC(=O)C=C[C@]4(C)[C@]3(F)C(O)C[C@@]21C. The fraction of sp³-hybridized carbons (Fsp3) is 0.708. The molecule has 0 amide bonds. The second-order valence-corrected chi connectivity index (χ2v) is 10.3. The molecule has 0 spiro atoms. The zero-order valence-electron chi connectivity index (χ0n) is 18.3. The number of carbonyl (C=O) groups is 3. The molecule has 0 aromatic heterocycles. The van der Waals surface area contributed by atoms with Crippen molar-refractivity contribution in [2.75, 3.05) is 0 Å². The van der Waals surface area contributed by atoms with Gasteiger partial charge in [0, 0.05) is 23.7 Å². The van der Waals surface area contributed by atoms with Crippen molar-refractivity contribution >= 4 is 17.5 Å². The molecule has 4 unspecified atom stereocenters. The monoisotopic (exact) mass is 418 g/mol. The number of hydrogen-bond donors (Lipinski definition) is 1. The van der Waals surface area contributed by atoms with Gasteiger partial charge in [0.05, 0.1) is 6.10 Å². The van der Waals surface area contributed by atoms with E-state index in [1.54, 1.807) is 13.0 Å². The molecule has 3 saturated carbocycles. The first-order chi connectivity index (χ1) is 13.8. The van der Waals surface area contributed by atoms with E-state index in [0.717, 1.165) is 5.57 Å². The highest BCUT2D eigenvalue weighted by Gasteiger charge is 2.75. The van der Waals surface area contributed by atoms with E-state index in [2.05, 4.69) is 0 Å². The van der Waals surface area contributed by atoms with E-state index in [-0.39, 0.29) is 29.8 Å². The Morgan fingerprint density at radius 1 is 1.23 bits per heavy atom. The van der Waals surface area contributed by atoms with Crippen LogP contribution in [-0.4, -0.2) is 40.0 Å². The molecule has 0 aliphatic heterocycles. The molecule has 0 aromatic rings. The summed E-state index contributed by atoms with van der Waals surface area (Å²) in [7, 11) is 0. The summed E-state index contributed by atoms with van der Waals surface area (Å²) < 4.78 is 22.8. The van der Waals surface area contributed by atoms with Gasteiger partial charge >= 0.3 is 5.97 Å². The first kappa shape index (κ1) is 21.4. The summed E-state index contributed by atoms with van der Waals surface area (Å²) in [5.41, 5.74) is -4.52. The predicted molar refractivity (Wildman–Crippen MR) is 108 cm³/mol. The Hall–Kier alpha value is -1.82. The van der Waals surface area contributed by atoms with Gasteiger partial charge in [-0.05, 0) is 63.5 Å². The lowest BCUT2D eigenvalue weighted by Crippen LogP contribution is -2.70. The average molecular weight is 419 g/mol. The third kappa shape index (κ3) is 2.34. The standard InChI is InChI=1S/C24H31FO5/c1-13-10-19-17-7-9-23(14(2)26,30-15(3)27)22(17,5)12-20(29)24(19,25)21(4)8-6-16(28)11-18(13)21/h6,8,11,13,17,19-20,29H,7,9-10,12H2,1-5H3/t13?,17?,19?,20?,21-,22-,23+,24+/m0/s1. The second kappa shape index (κ2) is 6.35. The topological polar surface area (TPSA) is 80.7 Å². The van der Waals surface area contributed by atoms with Crippen LogP contribution in [0.1, 0.15) is 60.3 Å². The third-order valence-electron chi connectivity index (χ3n) is 8.98. The molecule has 0 saturated heterocycles. The molecule has 1 N–H and O–H groups in total. The maximum Gasteiger partial charge on any atom is 0.303 e. The fourth-order valence-corrected chi connectivity index (χ4v) is 7.65. The van der Waals surface area contributed by atoms with Crippen LogP contribution in [0.3, 0.4) is 0 Å². The minimum atomic E-state index is -1.96. The van der Waals surface area contributed by atoms with Crippen LogP contribution in [0.15, 0.2) is 23.8 Å². The molecule has 6 heteroatoms. The van der Waals surface area contributed by atoms with Gasteiger partial charge in [0.25, 0.3) is 0 Å². The normalized spacial score (nSPS) is 49.6. The van der Waals surface area contributed by atoms with E-state index in [4.69, 9.17) is 4.74 Å². The van der Waals surface area contributed by atoms with Gasteiger partial charge in [0.2, 0.25) is 0 Å². The van der Waals surface area contributed by atoms with Crippen LogP contribution in [-0.2, 0) is 19.1 Å². The van der Waals surface area contributed by atoms with E-state index in [1.165, 1.54) is 26.0 Å². The first-order valence-corrected chi connectivity index (χ1v) is 10.9. The van der Waals surface area contributed by atoms with Crippen molar-refractivity contribution in [3.8, 4) is 0 Å². The lowest BCUT2D eigenvalue weighted by molar-refractivity contribution is -0.226. The maximum absolute atomic E-state index is 17.1. The van der Waals surface area contributed by atoms with Crippen molar-refractivity contribution in [1.82, 2.24) is 0 Å². The van der Waals surface area contributed by atoms with Gasteiger partial charge in [-0.2, -0.15) is 0 Å². The number of allylic oxidation sites excluding steroid dienone is 4. The lowest BCUT2D eigenvalue weighted by Gasteiger charge is -2.63. The zero-order chi connectivity index (χ0) is 22.3. The van der Waals surface area contributed by atoms with Gasteiger partial charge in [0.1, 0.15) is 0 Å². The summed E-state index contributed by atoms with van der Waals surface area (Å²) in [5.74, 6) is -1.72. The number of aliphatic hydroxyl groups is 1. The van der Waals surface area contributed by atoms with E-state index in [0.29, 0.717) is 19.3 Å². The van der Waals surface area contributed by atoms with Crippen molar-refractivity contribution < 1.29 is 28.6 Å². The second-order valence-electron chi connectivity index (χ2n) is 10.3. The number of carbonyl (C=O) groups excluding carboxylic acids is 3. The predicted octanol–water partition coefficient (Wildman–Crippen LogP) is 3.49. The number of ether oxygens (including phenoxy) is 1. The summed E-state index contributed by atoms with van der Waals surface area (Å²) in [5, 5.41) is 11.3. The number of fused-ring (bicyclic) bond motifs is 5. The number of rotatable bonds is 2. The number of halogens is 1. The van der Waals surface area contributed by atoms with Gasteiger partial charge in [-0.15, -0.1) is 0 Å². The number of aliphatic hydroxyl groups excluding tert-OH is 1. The molecule has 0 bridgehead atoms. The molecule has 0 heterocycles. The Kier molecular flexibility index (Phi) is 4.53. The molecule has 164 valence electrons. The van der Waals surface area contributed by atoms with Crippen LogP contribution < -0.4 is 0 Å². The van der Waals surface area contributed by atoms with Gasteiger partial charge in [-0.25, -0.2) is 4.39 Å². The van der Waals surface area contributed by atoms with Gasteiger partial charge in [-0.1, -0.05) is 25.5 Å². The summed E-state index contributed by atoms with van der Waals surface area (Å²) >= 11 is 0. The van der Waals surface area contributed by atoms with Crippen LogP contribution >= 0.6 is 0 Å². The highest BCUT2D eigenvalue weighted by molar-refractivity contribution is 6.01. The smallest absolute Gasteiger partial charge is 0.303 e. The van der Waals surface area contributed by atoms with E-state index in [9.17, 15) is 19.5 Å². The van der Waals surface area contributed by atoms with Crippen molar-refractivity contribution in [3.05, 3.63) is 23.8 Å². The van der Waals surface area contributed by atoms with Crippen molar-refractivity contribution in [2.24, 2.45) is 28.6 Å². The van der Waals surface area contributed by atoms with E-state index < -0.39 is 40.1 Å². The third-order valence-corrected chi connectivity index (χ3v) is 8.98. The minimum absolute atomic E-state index is 0.0244. The van der Waals surface area contributed by atoms with Gasteiger partial charge in [0.15, 0.2) is 22.8 Å². The van der Waals surface area contributed by atoms with E-state index in [1.807, 2.05) is 13.8 Å². The molecule has 4 aliphatic rings. The van der Waals surface area contributed by atoms with Crippen LogP contribution in [0.4, 0.5) is 4.39 Å². The fourth-order valence-electron chi connectivity index (χ4n) is 7.65. The quantitative estimate of drug-likeness (QED) is 0.695. The number of ketones is 2. The Morgan fingerprint density at radius 3 is 2.50 bits per heavy atom. The molecule has 0 radical (unpaired) electrons. The van der Waals surface area contributed by atoms with E-state index >= 15 is 4.39 Å². The summed E-state index contributed by atoms with van der Waals surface area (Å²) in [4.78, 5) is 36.7. The van der Waals surface area contributed by atoms with Crippen LogP contribution in [0.2, 0.25) is 0 Å². The molecular formula is C24H31FO5. The molecule has 30 heavy (non-hydrogen) atoms. The first-order valence-electron chi connectivity index (χ1n) is 10.9. The highest BCUT2D eigenvalue weighted by Crippen LogP contribution is 2.71. The maximum atomic E-state index is 17.1. The van der Waals surface area contributed by atoms with Crippen LogP contribution in [0.5, 0.6) is 0 Å². The molecule has 4 aliphatic carbocycles. The molecule has 0 aromatic carbocycles. The van der Waals surface area contributed by atoms with Crippen LogP contribution in [0.25, 0.3) is 0 Å². The summed E-state index contributed by atoms with van der Waals surface area (Å²) in [6.07, 6.45) is 4.58. The van der Waals surface area contributed by atoms with Gasteiger partial charge in [-0.3, -0.25) is 14.4 Å². The largest absolute Gasteiger partial charge is 0.451 e. The molecular weight excluding hydrogens is 387 g/mol. The molecule has 3 fully saturated rings. The summed E-state index contributed by atoms with van der Waals surface area (Å²) in [6, 6.07) is 0. The Morgan fingerprint density at radius 2 is 1.90 bits per heavy atom. The highest BCUT2D eigenvalue weighted by atomic mass is 19.1. The Bertz CT molecular complexity index is 892. The lowest BCUT2D eigenvalue weighted by atomic mass is 9.43. The van der Waals surface area contributed by atoms with Crippen molar-refractivity contribution in [1.29, 1.82) is 0 Å². The van der Waals surface area contributed by atoms with Crippen molar-refractivity contribution in [3.63, 3.8) is 0 Å². The number of hydrogen-bond acceptors (Lipinski definition) is 5. The minimum Gasteiger partial charge on any atom is -0.451 e. The molecule has 4 rings (SSSR count). The zero-order valence-corrected chi connectivity index (χ0v) is 18.3. The number of esters is 1. The van der Waals surface area contributed by atoms with Crippen LogP contribution in [0, 0.1) is 28.6 Å². The Balaban J connectivity index is 1.86. The molecule has 5 nitrogen and oxygen atoms in total. The summed E-state index contributed by atoms with van der Waals surface area (Å²) in [6.45, 7) is 8.34.